The summed E-state index contributed by atoms with van der Waals surface area (Å²) in [6, 6.07) is 2.31. The number of rotatable bonds is 1. The molecule has 2 aromatic heterocycles. The number of piperazine rings is 1. The van der Waals surface area contributed by atoms with Crippen molar-refractivity contribution in [2.75, 3.05) is 31.1 Å². The molecule has 1 aliphatic heterocycles. The lowest BCUT2D eigenvalue weighted by molar-refractivity contribution is 0.517. The molecule has 0 unspecified atom stereocenters. The number of hydrogen-bond donors (Lipinski definition) is 1. The molecule has 92 valence electrons. The van der Waals surface area contributed by atoms with E-state index in [1.165, 1.54) is 0 Å². The minimum absolute atomic E-state index is 0. The van der Waals surface area contributed by atoms with Gasteiger partial charge in [-0.3, -0.25) is 0 Å². The molecule has 3 rings (SSSR count). The van der Waals surface area contributed by atoms with Gasteiger partial charge in [-0.25, -0.2) is 4.98 Å². The monoisotopic (exact) mass is 274 g/mol. The van der Waals surface area contributed by atoms with Crippen molar-refractivity contribution in [3.05, 3.63) is 17.3 Å². The van der Waals surface area contributed by atoms with Gasteiger partial charge in [-0.15, -0.1) is 12.4 Å². The number of nitrogens with one attached hydrogen (secondary N) is 1. The van der Waals surface area contributed by atoms with E-state index in [1.807, 2.05) is 0 Å². The van der Waals surface area contributed by atoms with E-state index in [0.717, 1.165) is 26.2 Å². The highest BCUT2D eigenvalue weighted by Gasteiger charge is 2.17. The van der Waals surface area contributed by atoms with Crippen LogP contribution >= 0.6 is 24.0 Å². The number of pyridine rings is 1. The standard InChI is InChI=1S/C10H11ClN4O.ClH/c11-7-1-2-13-9-8(7)16-10(14-9)15-5-3-12-4-6-15;/h1-2,12H,3-6H2;1H. The van der Waals surface area contributed by atoms with Crippen LogP contribution in [0, 0.1) is 0 Å². The normalized spacial score (nSPS) is 15.9. The van der Waals surface area contributed by atoms with Crippen molar-refractivity contribution in [1.82, 2.24) is 15.3 Å². The van der Waals surface area contributed by atoms with Gasteiger partial charge in [-0.2, -0.15) is 4.98 Å². The average Bonchev–Trinajstić information content (AvgIpc) is 2.76. The molecule has 7 heteroatoms. The van der Waals surface area contributed by atoms with Gasteiger partial charge in [-0.05, 0) is 6.07 Å². The Kier molecular flexibility index (Phi) is 3.71. The van der Waals surface area contributed by atoms with Gasteiger partial charge in [0.15, 0.2) is 5.58 Å². The van der Waals surface area contributed by atoms with Gasteiger partial charge in [0.25, 0.3) is 6.01 Å². The van der Waals surface area contributed by atoms with Crippen molar-refractivity contribution >= 4 is 41.3 Å². The molecule has 0 saturated carbocycles. The second-order valence-electron chi connectivity index (χ2n) is 3.68. The van der Waals surface area contributed by atoms with Crippen LogP contribution in [0.1, 0.15) is 0 Å². The van der Waals surface area contributed by atoms with Gasteiger partial charge in [0.05, 0.1) is 5.02 Å². The Bertz CT molecular complexity index is 510. The summed E-state index contributed by atoms with van der Waals surface area (Å²) in [6.45, 7) is 3.68. The predicted octanol–water partition coefficient (Wildman–Crippen LogP) is 1.71. The van der Waals surface area contributed by atoms with Gasteiger partial charge in [0.2, 0.25) is 5.65 Å². The zero-order chi connectivity index (χ0) is 11.0. The highest BCUT2D eigenvalue weighted by atomic mass is 35.5. The van der Waals surface area contributed by atoms with E-state index in [-0.39, 0.29) is 12.4 Å². The molecule has 1 fully saturated rings. The maximum absolute atomic E-state index is 6.00. The fourth-order valence-corrected chi connectivity index (χ4v) is 1.96. The van der Waals surface area contributed by atoms with Gasteiger partial charge in [0.1, 0.15) is 0 Å². The molecule has 5 nitrogen and oxygen atoms in total. The summed E-state index contributed by atoms with van der Waals surface area (Å²) in [5.74, 6) is 0. The first-order valence-corrected chi connectivity index (χ1v) is 5.59. The van der Waals surface area contributed by atoms with Crippen LogP contribution in [0.5, 0.6) is 0 Å². The van der Waals surface area contributed by atoms with Gasteiger partial charge in [-0.1, -0.05) is 11.6 Å². The van der Waals surface area contributed by atoms with E-state index >= 15 is 0 Å². The van der Waals surface area contributed by atoms with Crippen molar-refractivity contribution < 1.29 is 4.42 Å². The Morgan fingerprint density at radius 1 is 1.35 bits per heavy atom. The number of halogens is 2. The molecule has 2 aromatic rings. The van der Waals surface area contributed by atoms with Crippen LogP contribution in [0.3, 0.4) is 0 Å². The summed E-state index contributed by atoms with van der Waals surface area (Å²) < 4.78 is 5.63. The molecule has 0 amide bonds. The molecule has 17 heavy (non-hydrogen) atoms. The quantitative estimate of drug-likeness (QED) is 0.858. The van der Waals surface area contributed by atoms with E-state index in [9.17, 15) is 0 Å². The van der Waals surface area contributed by atoms with Crippen molar-refractivity contribution in [3.8, 4) is 0 Å². The highest BCUT2D eigenvalue weighted by Crippen LogP contribution is 2.26. The van der Waals surface area contributed by atoms with Crippen LogP contribution in [-0.2, 0) is 0 Å². The third kappa shape index (κ3) is 2.31. The van der Waals surface area contributed by atoms with Gasteiger partial charge < -0.3 is 14.6 Å². The minimum Gasteiger partial charge on any atom is -0.420 e. The van der Waals surface area contributed by atoms with Crippen molar-refractivity contribution in [3.63, 3.8) is 0 Å². The first kappa shape index (κ1) is 12.4. The van der Waals surface area contributed by atoms with Crippen LogP contribution in [0.25, 0.3) is 11.2 Å². The molecule has 0 aromatic carbocycles. The zero-order valence-corrected chi connectivity index (χ0v) is 10.6. The number of anilines is 1. The minimum atomic E-state index is 0. The Balaban J connectivity index is 0.00000108. The molecule has 1 saturated heterocycles. The molecule has 3 heterocycles. The lowest BCUT2D eigenvalue weighted by atomic mass is 10.4. The fourth-order valence-electron chi connectivity index (χ4n) is 1.78. The smallest absolute Gasteiger partial charge is 0.300 e. The van der Waals surface area contributed by atoms with Crippen LogP contribution in [0.15, 0.2) is 16.7 Å². The van der Waals surface area contributed by atoms with Crippen molar-refractivity contribution in [1.29, 1.82) is 0 Å². The summed E-state index contributed by atoms with van der Waals surface area (Å²) in [6.07, 6.45) is 1.63. The zero-order valence-electron chi connectivity index (χ0n) is 9.02. The largest absolute Gasteiger partial charge is 0.420 e. The molecular weight excluding hydrogens is 263 g/mol. The van der Waals surface area contributed by atoms with Crippen LogP contribution in [0.2, 0.25) is 5.02 Å². The van der Waals surface area contributed by atoms with Crippen LogP contribution in [-0.4, -0.2) is 36.1 Å². The molecule has 0 bridgehead atoms. The molecule has 0 spiro atoms. The van der Waals surface area contributed by atoms with E-state index < -0.39 is 0 Å². The van der Waals surface area contributed by atoms with Gasteiger partial charge in [0, 0.05) is 32.4 Å². The van der Waals surface area contributed by atoms with Gasteiger partial charge >= 0.3 is 0 Å². The summed E-state index contributed by atoms with van der Waals surface area (Å²) in [4.78, 5) is 10.6. The number of aromatic nitrogens is 2. The Morgan fingerprint density at radius 3 is 2.82 bits per heavy atom. The summed E-state index contributed by atoms with van der Waals surface area (Å²) in [5.41, 5.74) is 1.14. The van der Waals surface area contributed by atoms with E-state index in [0.29, 0.717) is 22.3 Å². The molecular formula is C10H12Cl2N4O. The molecule has 1 N–H and O–H groups in total. The molecule has 0 radical (unpaired) electrons. The summed E-state index contributed by atoms with van der Waals surface area (Å²) in [5, 5.41) is 3.83. The van der Waals surface area contributed by atoms with Crippen molar-refractivity contribution in [2.24, 2.45) is 0 Å². The maximum atomic E-state index is 6.00. The Morgan fingerprint density at radius 2 is 2.12 bits per heavy atom. The van der Waals surface area contributed by atoms with E-state index in [4.69, 9.17) is 16.0 Å². The molecule has 0 aliphatic carbocycles. The number of fused-ring (bicyclic) bond motifs is 1. The summed E-state index contributed by atoms with van der Waals surface area (Å²) >= 11 is 6.00. The maximum Gasteiger partial charge on any atom is 0.300 e. The second-order valence-corrected chi connectivity index (χ2v) is 4.09. The SMILES string of the molecule is Cl.Clc1ccnc2nc(N3CCNCC3)oc12. The summed E-state index contributed by atoms with van der Waals surface area (Å²) in [7, 11) is 0. The number of oxazole rings is 1. The molecule has 1 aliphatic rings. The van der Waals surface area contributed by atoms with Crippen molar-refractivity contribution in [2.45, 2.75) is 0 Å². The Hall–Kier alpha value is -1.04. The first-order chi connectivity index (χ1) is 7.84. The first-order valence-electron chi connectivity index (χ1n) is 5.21. The van der Waals surface area contributed by atoms with Crippen LogP contribution in [0.4, 0.5) is 6.01 Å². The predicted molar refractivity (Wildman–Crippen MR) is 69.1 cm³/mol. The lowest BCUT2D eigenvalue weighted by Gasteiger charge is -2.25. The lowest BCUT2D eigenvalue weighted by Crippen LogP contribution is -2.43. The van der Waals surface area contributed by atoms with E-state index in [1.54, 1.807) is 12.3 Å². The third-order valence-electron chi connectivity index (χ3n) is 2.62. The fraction of sp³-hybridized carbons (Fsp3) is 0.400. The van der Waals surface area contributed by atoms with Crippen LogP contribution < -0.4 is 10.2 Å². The third-order valence-corrected chi connectivity index (χ3v) is 2.92. The highest BCUT2D eigenvalue weighted by molar-refractivity contribution is 6.34. The average molecular weight is 275 g/mol. The molecule has 0 atom stereocenters. The number of nitrogens with zero attached hydrogens (tertiary/aromatic N) is 3. The number of hydrogen-bond acceptors (Lipinski definition) is 5. The Labute approximate surface area is 110 Å². The topological polar surface area (TPSA) is 54.2 Å². The second kappa shape index (κ2) is 5.08. The van der Waals surface area contributed by atoms with E-state index in [2.05, 4.69) is 20.2 Å².